The summed E-state index contributed by atoms with van der Waals surface area (Å²) in [7, 11) is 1.93. The Kier molecular flexibility index (Phi) is 7.48. The van der Waals surface area contributed by atoms with Gasteiger partial charge in [-0.3, -0.25) is 4.68 Å². The molecule has 1 aliphatic rings. The van der Waals surface area contributed by atoms with Gasteiger partial charge in [-0.05, 0) is 19.1 Å². The van der Waals surface area contributed by atoms with Crippen molar-refractivity contribution in [1.29, 1.82) is 0 Å². The second-order valence-corrected chi connectivity index (χ2v) is 5.85. The SMILES string of the molecule is CCNC(=NCc1cnn(C)c1)N1CCN(c2ccccn2)CC1.I. The van der Waals surface area contributed by atoms with Crippen LogP contribution in [0.25, 0.3) is 0 Å². The maximum Gasteiger partial charge on any atom is 0.194 e. The van der Waals surface area contributed by atoms with E-state index in [1.54, 1.807) is 0 Å². The Labute approximate surface area is 166 Å². The van der Waals surface area contributed by atoms with Crippen LogP contribution < -0.4 is 10.2 Å². The lowest BCUT2D eigenvalue weighted by Crippen LogP contribution is -2.52. The number of pyridine rings is 1. The Balaban J connectivity index is 0.00000225. The quantitative estimate of drug-likeness (QED) is 0.432. The molecule has 0 saturated carbocycles. The van der Waals surface area contributed by atoms with Crippen LogP contribution in [0.15, 0.2) is 41.8 Å². The van der Waals surface area contributed by atoms with Gasteiger partial charge in [0.2, 0.25) is 0 Å². The highest BCUT2D eigenvalue weighted by molar-refractivity contribution is 14.0. The fraction of sp³-hybridized carbons (Fsp3) is 0.471. The van der Waals surface area contributed by atoms with Gasteiger partial charge in [-0.1, -0.05) is 6.07 Å². The number of piperazine rings is 1. The van der Waals surface area contributed by atoms with Crippen molar-refractivity contribution < 1.29 is 0 Å². The first-order chi connectivity index (χ1) is 11.8. The zero-order valence-electron chi connectivity index (χ0n) is 14.8. The summed E-state index contributed by atoms with van der Waals surface area (Å²) >= 11 is 0. The van der Waals surface area contributed by atoms with Gasteiger partial charge in [-0.25, -0.2) is 9.98 Å². The number of aryl methyl sites for hydroxylation is 1. The molecule has 2 aromatic heterocycles. The lowest BCUT2D eigenvalue weighted by molar-refractivity contribution is 0.371. The van der Waals surface area contributed by atoms with Crippen molar-refractivity contribution in [3.63, 3.8) is 0 Å². The van der Waals surface area contributed by atoms with E-state index in [4.69, 9.17) is 4.99 Å². The van der Waals surface area contributed by atoms with E-state index in [9.17, 15) is 0 Å². The van der Waals surface area contributed by atoms with Crippen LogP contribution in [0.5, 0.6) is 0 Å². The summed E-state index contributed by atoms with van der Waals surface area (Å²) in [4.78, 5) is 13.8. The smallest absolute Gasteiger partial charge is 0.194 e. The third-order valence-electron chi connectivity index (χ3n) is 4.06. The first-order valence-corrected chi connectivity index (χ1v) is 8.43. The van der Waals surface area contributed by atoms with Crippen molar-refractivity contribution in [3.05, 3.63) is 42.4 Å². The molecular formula is C17H26IN7. The van der Waals surface area contributed by atoms with Crippen LogP contribution >= 0.6 is 24.0 Å². The van der Waals surface area contributed by atoms with Crippen LogP contribution in [0, 0.1) is 0 Å². The zero-order valence-corrected chi connectivity index (χ0v) is 17.1. The Morgan fingerprint density at radius 1 is 1.24 bits per heavy atom. The summed E-state index contributed by atoms with van der Waals surface area (Å²) in [6, 6.07) is 6.06. The molecule has 3 rings (SSSR count). The van der Waals surface area contributed by atoms with Gasteiger partial charge in [-0.2, -0.15) is 5.10 Å². The molecule has 3 heterocycles. The minimum Gasteiger partial charge on any atom is -0.357 e. The summed E-state index contributed by atoms with van der Waals surface area (Å²) in [5.74, 6) is 2.02. The van der Waals surface area contributed by atoms with Crippen molar-refractivity contribution in [2.24, 2.45) is 12.0 Å². The number of aliphatic imine (C=N–C) groups is 1. The topological polar surface area (TPSA) is 61.6 Å². The van der Waals surface area contributed by atoms with Crippen molar-refractivity contribution >= 4 is 35.8 Å². The molecule has 1 saturated heterocycles. The van der Waals surface area contributed by atoms with E-state index in [2.05, 4.69) is 38.2 Å². The maximum absolute atomic E-state index is 4.76. The average Bonchev–Trinajstić information content (AvgIpc) is 3.05. The molecule has 25 heavy (non-hydrogen) atoms. The fourth-order valence-electron chi connectivity index (χ4n) is 2.83. The number of nitrogens with zero attached hydrogens (tertiary/aromatic N) is 6. The van der Waals surface area contributed by atoms with Crippen molar-refractivity contribution in [3.8, 4) is 0 Å². The standard InChI is InChI=1S/C17H25N7.HI/c1-3-18-17(20-12-15-13-21-22(2)14-15)24-10-8-23(9-11-24)16-6-4-5-7-19-16;/h4-7,13-14H,3,8-12H2,1-2H3,(H,18,20);1H. The molecule has 136 valence electrons. The maximum atomic E-state index is 4.76. The molecule has 1 N–H and O–H groups in total. The van der Waals surface area contributed by atoms with E-state index in [1.807, 2.05) is 42.5 Å². The molecule has 0 bridgehead atoms. The molecule has 1 aliphatic heterocycles. The molecule has 0 aliphatic carbocycles. The van der Waals surface area contributed by atoms with Crippen molar-refractivity contribution in [2.45, 2.75) is 13.5 Å². The van der Waals surface area contributed by atoms with Gasteiger partial charge in [0.15, 0.2) is 5.96 Å². The molecule has 0 atom stereocenters. The third-order valence-corrected chi connectivity index (χ3v) is 4.06. The first-order valence-electron chi connectivity index (χ1n) is 8.43. The lowest BCUT2D eigenvalue weighted by atomic mass is 10.3. The fourth-order valence-corrected chi connectivity index (χ4v) is 2.83. The normalized spacial score (nSPS) is 15.0. The number of hydrogen-bond acceptors (Lipinski definition) is 4. The first kappa shape index (κ1) is 19.5. The van der Waals surface area contributed by atoms with Crippen molar-refractivity contribution in [2.75, 3.05) is 37.6 Å². The molecule has 0 unspecified atom stereocenters. The summed E-state index contributed by atoms with van der Waals surface area (Å²) < 4.78 is 1.81. The van der Waals surface area contributed by atoms with Crippen LogP contribution in [-0.2, 0) is 13.6 Å². The highest BCUT2D eigenvalue weighted by atomic mass is 127. The zero-order chi connectivity index (χ0) is 16.8. The molecule has 7 nitrogen and oxygen atoms in total. The Morgan fingerprint density at radius 3 is 2.64 bits per heavy atom. The molecule has 2 aromatic rings. The van der Waals surface area contributed by atoms with Crippen LogP contribution in [0.4, 0.5) is 5.82 Å². The van der Waals surface area contributed by atoms with E-state index in [0.29, 0.717) is 6.54 Å². The van der Waals surface area contributed by atoms with Gasteiger partial charge in [-0.15, -0.1) is 24.0 Å². The van der Waals surface area contributed by atoms with Gasteiger partial charge in [0.1, 0.15) is 5.82 Å². The summed E-state index contributed by atoms with van der Waals surface area (Å²) in [5, 5.41) is 7.59. The monoisotopic (exact) mass is 455 g/mol. The van der Waals surface area contributed by atoms with Crippen LogP contribution in [-0.4, -0.2) is 58.3 Å². The average molecular weight is 455 g/mol. The van der Waals surface area contributed by atoms with E-state index in [-0.39, 0.29) is 24.0 Å². The number of hydrogen-bond donors (Lipinski definition) is 1. The van der Waals surface area contributed by atoms with Gasteiger partial charge in [0, 0.05) is 57.7 Å². The minimum atomic E-state index is 0. The summed E-state index contributed by atoms with van der Waals surface area (Å²) in [6.07, 6.45) is 5.72. The summed E-state index contributed by atoms with van der Waals surface area (Å²) in [5.41, 5.74) is 1.13. The molecule has 8 heteroatoms. The second-order valence-electron chi connectivity index (χ2n) is 5.85. The summed E-state index contributed by atoms with van der Waals surface area (Å²) in [6.45, 7) is 7.40. The van der Waals surface area contributed by atoms with Gasteiger partial charge < -0.3 is 15.1 Å². The van der Waals surface area contributed by atoms with E-state index in [1.165, 1.54) is 0 Å². The Morgan fingerprint density at radius 2 is 2.04 bits per heavy atom. The molecule has 0 aromatic carbocycles. The number of anilines is 1. The van der Waals surface area contributed by atoms with E-state index >= 15 is 0 Å². The molecule has 0 amide bonds. The Hall–Kier alpha value is -1.84. The molecule has 0 spiro atoms. The van der Waals surface area contributed by atoms with Crippen LogP contribution in [0.3, 0.4) is 0 Å². The van der Waals surface area contributed by atoms with E-state index in [0.717, 1.165) is 50.1 Å². The largest absolute Gasteiger partial charge is 0.357 e. The molecule has 0 radical (unpaired) electrons. The molecular weight excluding hydrogens is 429 g/mol. The van der Waals surface area contributed by atoms with Crippen molar-refractivity contribution in [1.82, 2.24) is 25.0 Å². The van der Waals surface area contributed by atoms with E-state index < -0.39 is 0 Å². The third kappa shape index (κ3) is 5.32. The Bertz CT molecular complexity index is 663. The predicted molar refractivity (Wildman–Crippen MR) is 111 cm³/mol. The minimum absolute atomic E-state index is 0. The van der Waals surface area contributed by atoms with Gasteiger partial charge in [0.05, 0.1) is 12.7 Å². The van der Waals surface area contributed by atoms with Crippen LogP contribution in [0.2, 0.25) is 0 Å². The number of guanidine groups is 1. The lowest BCUT2D eigenvalue weighted by Gasteiger charge is -2.37. The number of nitrogens with one attached hydrogen (secondary N) is 1. The molecule has 1 fully saturated rings. The van der Waals surface area contributed by atoms with Gasteiger partial charge in [0.25, 0.3) is 0 Å². The number of rotatable bonds is 4. The van der Waals surface area contributed by atoms with Gasteiger partial charge >= 0.3 is 0 Å². The van der Waals surface area contributed by atoms with Crippen LogP contribution in [0.1, 0.15) is 12.5 Å². The highest BCUT2D eigenvalue weighted by Gasteiger charge is 2.20. The highest BCUT2D eigenvalue weighted by Crippen LogP contribution is 2.12. The number of halogens is 1. The predicted octanol–water partition coefficient (Wildman–Crippen LogP) is 1.72. The number of aromatic nitrogens is 3. The second kappa shape index (κ2) is 9.59.